The van der Waals surface area contributed by atoms with E-state index in [9.17, 15) is 4.79 Å². The predicted octanol–water partition coefficient (Wildman–Crippen LogP) is 3.67. The molecule has 0 aromatic heterocycles. The number of hydrogen-bond donors (Lipinski definition) is 1. The largest absolute Gasteiger partial charge is 0.490 e. The van der Waals surface area contributed by atoms with Crippen molar-refractivity contribution >= 4 is 23.7 Å². The zero-order valence-electron chi connectivity index (χ0n) is 14.7. The maximum Gasteiger partial charge on any atom is 0.277 e. The van der Waals surface area contributed by atoms with Gasteiger partial charge in [-0.15, -0.1) is 0 Å². The molecule has 1 amide bonds. The van der Waals surface area contributed by atoms with Crippen LogP contribution in [0.15, 0.2) is 47.6 Å². The van der Waals surface area contributed by atoms with Gasteiger partial charge in [-0.25, -0.2) is 5.43 Å². The molecular weight excluding hydrogens is 356 g/mol. The highest BCUT2D eigenvalue weighted by molar-refractivity contribution is 6.32. The topological polar surface area (TPSA) is 69.2 Å². The fourth-order valence-electron chi connectivity index (χ4n) is 2.06. The van der Waals surface area contributed by atoms with Crippen molar-refractivity contribution in [2.75, 3.05) is 19.8 Å². The van der Waals surface area contributed by atoms with E-state index in [1.165, 1.54) is 6.21 Å². The van der Waals surface area contributed by atoms with E-state index in [1.807, 2.05) is 19.9 Å². The molecule has 2 aromatic carbocycles. The van der Waals surface area contributed by atoms with E-state index in [0.717, 1.165) is 5.56 Å². The molecule has 138 valence electrons. The molecule has 0 unspecified atom stereocenters. The van der Waals surface area contributed by atoms with E-state index in [4.69, 9.17) is 25.8 Å². The number of carbonyl (C=O) groups excluding carboxylic acids is 1. The summed E-state index contributed by atoms with van der Waals surface area (Å²) in [6, 6.07) is 12.4. The van der Waals surface area contributed by atoms with Gasteiger partial charge in [-0.3, -0.25) is 4.79 Å². The van der Waals surface area contributed by atoms with Crippen molar-refractivity contribution in [1.82, 2.24) is 5.43 Å². The minimum Gasteiger partial charge on any atom is -0.490 e. The molecule has 26 heavy (non-hydrogen) atoms. The molecule has 2 rings (SSSR count). The fraction of sp³-hybridized carbons (Fsp3) is 0.263. The van der Waals surface area contributed by atoms with E-state index in [0.29, 0.717) is 35.5 Å². The smallest absolute Gasteiger partial charge is 0.277 e. The third-order valence-corrected chi connectivity index (χ3v) is 3.48. The van der Waals surface area contributed by atoms with Crippen molar-refractivity contribution < 1.29 is 19.0 Å². The average Bonchev–Trinajstić information content (AvgIpc) is 2.63. The Balaban J connectivity index is 1.90. The lowest BCUT2D eigenvalue weighted by Gasteiger charge is -2.11. The lowest BCUT2D eigenvalue weighted by Crippen LogP contribution is -2.24. The molecule has 6 nitrogen and oxygen atoms in total. The summed E-state index contributed by atoms with van der Waals surface area (Å²) in [5.74, 6) is 1.36. The van der Waals surface area contributed by atoms with Crippen molar-refractivity contribution in [2.45, 2.75) is 13.8 Å². The van der Waals surface area contributed by atoms with Gasteiger partial charge < -0.3 is 14.2 Å². The Kier molecular flexibility index (Phi) is 7.76. The van der Waals surface area contributed by atoms with Crippen LogP contribution in [0.25, 0.3) is 0 Å². The highest BCUT2D eigenvalue weighted by Gasteiger charge is 2.06. The van der Waals surface area contributed by atoms with E-state index < -0.39 is 5.91 Å². The normalized spacial score (nSPS) is 10.6. The van der Waals surface area contributed by atoms with Gasteiger partial charge in [0.15, 0.2) is 18.1 Å². The Morgan fingerprint density at radius 1 is 1.04 bits per heavy atom. The second-order valence-corrected chi connectivity index (χ2v) is 5.49. The number of carbonyl (C=O) groups is 1. The van der Waals surface area contributed by atoms with Gasteiger partial charge >= 0.3 is 0 Å². The molecule has 0 saturated carbocycles. The summed E-state index contributed by atoms with van der Waals surface area (Å²) in [7, 11) is 0. The van der Waals surface area contributed by atoms with Crippen LogP contribution in [-0.4, -0.2) is 31.9 Å². The first-order chi connectivity index (χ1) is 12.6. The van der Waals surface area contributed by atoms with Gasteiger partial charge in [0, 0.05) is 0 Å². The first-order valence-corrected chi connectivity index (χ1v) is 8.60. The Morgan fingerprint density at radius 2 is 1.77 bits per heavy atom. The van der Waals surface area contributed by atoms with E-state index in [1.54, 1.807) is 36.4 Å². The molecule has 0 radical (unpaired) electrons. The van der Waals surface area contributed by atoms with E-state index in [-0.39, 0.29) is 6.61 Å². The molecule has 2 aromatic rings. The highest BCUT2D eigenvalue weighted by atomic mass is 35.5. The van der Waals surface area contributed by atoms with Crippen LogP contribution in [0.1, 0.15) is 19.4 Å². The number of benzene rings is 2. The molecule has 0 saturated heterocycles. The van der Waals surface area contributed by atoms with Crippen molar-refractivity contribution in [2.24, 2.45) is 5.10 Å². The number of nitrogens with zero attached hydrogens (tertiary/aromatic N) is 1. The number of halogens is 1. The maximum absolute atomic E-state index is 11.8. The van der Waals surface area contributed by atoms with Crippen LogP contribution < -0.4 is 19.6 Å². The molecule has 0 aliphatic rings. The van der Waals surface area contributed by atoms with Crippen LogP contribution in [0.2, 0.25) is 5.02 Å². The Labute approximate surface area is 157 Å². The number of nitrogens with one attached hydrogen (secondary N) is 1. The van der Waals surface area contributed by atoms with Gasteiger partial charge in [0.1, 0.15) is 5.75 Å². The average molecular weight is 377 g/mol. The van der Waals surface area contributed by atoms with Crippen molar-refractivity contribution in [3.8, 4) is 17.2 Å². The number of hydrazone groups is 1. The van der Waals surface area contributed by atoms with E-state index in [2.05, 4.69) is 10.5 Å². The van der Waals surface area contributed by atoms with Crippen LogP contribution in [0.4, 0.5) is 0 Å². The van der Waals surface area contributed by atoms with Gasteiger partial charge in [0.2, 0.25) is 0 Å². The molecule has 0 spiro atoms. The molecule has 0 fully saturated rings. The van der Waals surface area contributed by atoms with Gasteiger partial charge in [-0.2, -0.15) is 5.10 Å². The SMILES string of the molecule is CCOc1ccc(/C=N/NC(=O)COc2ccccc2Cl)cc1OCC. The lowest BCUT2D eigenvalue weighted by atomic mass is 10.2. The van der Waals surface area contributed by atoms with Gasteiger partial charge in [-0.1, -0.05) is 23.7 Å². The second kappa shape index (κ2) is 10.3. The Bertz CT molecular complexity index is 765. The zero-order valence-corrected chi connectivity index (χ0v) is 15.5. The molecule has 0 heterocycles. The van der Waals surface area contributed by atoms with Gasteiger partial charge in [0.25, 0.3) is 5.91 Å². The molecule has 0 aliphatic heterocycles. The van der Waals surface area contributed by atoms with Crippen LogP contribution >= 0.6 is 11.6 Å². The summed E-state index contributed by atoms with van der Waals surface area (Å²) in [6.07, 6.45) is 1.52. The first kappa shape index (κ1) is 19.6. The minimum absolute atomic E-state index is 0.186. The third-order valence-electron chi connectivity index (χ3n) is 3.17. The number of ether oxygens (including phenoxy) is 3. The standard InChI is InChI=1S/C19H21ClN2O4/c1-3-24-17-10-9-14(11-18(17)25-4-2)12-21-22-19(23)13-26-16-8-6-5-7-15(16)20/h5-12H,3-4,13H2,1-2H3,(H,22,23)/b21-12+. The number of rotatable bonds is 9. The van der Waals surface area contributed by atoms with Crippen LogP contribution in [0.5, 0.6) is 17.2 Å². The van der Waals surface area contributed by atoms with Gasteiger partial charge in [0.05, 0.1) is 24.5 Å². The van der Waals surface area contributed by atoms with Crippen LogP contribution in [-0.2, 0) is 4.79 Å². The molecule has 0 bridgehead atoms. The Morgan fingerprint density at radius 3 is 2.50 bits per heavy atom. The summed E-state index contributed by atoms with van der Waals surface area (Å²) >= 11 is 5.96. The second-order valence-electron chi connectivity index (χ2n) is 5.08. The monoisotopic (exact) mass is 376 g/mol. The summed E-state index contributed by atoms with van der Waals surface area (Å²) < 4.78 is 16.4. The fourth-order valence-corrected chi connectivity index (χ4v) is 2.25. The molecular formula is C19H21ClN2O4. The van der Waals surface area contributed by atoms with Crippen molar-refractivity contribution in [1.29, 1.82) is 0 Å². The molecule has 0 atom stereocenters. The first-order valence-electron chi connectivity index (χ1n) is 8.23. The van der Waals surface area contributed by atoms with Crippen molar-refractivity contribution in [3.05, 3.63) is 53.1 Å². The maximum atomic E-state index is 11.8. The number of amides is 1. The summed E-state index contributed by atoms with van der Waals surface area (Å²) in [4.78, 5) is 11.8. The highest BCUT2D eigenvalue weighted by Crippen LogP contribution is 2.28. The quantitative estimate of drug-likeness (QED) is 0.535. The molecule has 0 aliphatic carbocycles. The summed E-state index contributed by atoms with van der Waals surface area (Å²) in [5.41, 5.74) is 3.17. The van der Waals surface area contributed by atoms with Crippen LogP contribution in [0, 0.1) is 0 Å². The third kappa shape index (κ3) is 5.97. The number of hydrogen-bond acceptors (Lipinski definition) is 5. The van der Waals surface area contributed by atoms with Crippen molar-refractivity contribution in [3.63, 3.8) is 0 Å². The lowest BCUT2D eigenvalue weighted by molar-refractivity contribution is -0.123. The van der Waals surface area contributed by atoms with E-state index >= 15 is 0 Å². The predicted molar refractivity (Wildman–Crippen MR) is 101 cm³/mol. The number of para-hydroxylation sites is 1. The summed E-state index contributed by atoms with van der Waals surface area (Å²) in [5, 5.41) is 4.37. The molecule has 7 heteroatoms. The minimum atomic E-state index is -0.392. The van der Waals surface area contributed by atoms with Gasteiger partial charge in [-0.05, 0) is 49.7 Å². The van der Waals surface area contributed by atoms with Crippen LogP contribution in [0.3, 0.4) is 0 Å². The zero-order chi connectivity index (χ0) is 18.8. The molecule has 1 N–H and O–H groups in total. The Hall–Kier alpha value is -2.73. The summed E-state index contributed by atoms with van der Waals surface area (Å²) in [6.45, 7) is 4.70.